The zero-order valence-electron chi connectivity index (χ0n) is 15.7. The maximum absolute atomic E-state index is 13.6. The lowest BCUT2D eigenvalue weighted by molar-refractivity contribution is -0.141. The van der Waals surface area contributed by atoms with Crippen molar-refractivity contribution in [1.82, 2.24) is 10.2 Å². The maximum atomic E-state index is 13.6. The average Bonchev–Trinajstić information content (AvgIpc) is 2.67. The number of carbonyl (C=O) groups is 2. The first kappa shape index (κ1) is 21.4. The first-order valence-electron chi connectivity index (χ1n) is 9.55. The molecule has 10 heteroatoms. The van der Waals surface area contributed by atoms with Crippen molar-refractivity contribution in [3.63, 3.8) is 0 Å². The molecule has 2 N–H and O–H groups in total. The molecule has 6 nitrogen and oxygen atoms in total. The van der Waals surface area contributed by atoms with E-state index in [-0.39, 0.29) is 23.6 Å². The second kappa shape index (κ2) is 8.98. The number of likely N-dealkylation sites (tertiary alicyclic amines) is 1. The topological polar surface area (TPSA) is 70.7 Å². The summed E-state index contributed by atoms with van der Waals surface area (Å²) in [6.45, 7) is 2.15. The Morgan fingerprint density at radius 1 is 1.14 bits per heavy atom. The molecule has 0 bridgehead atoms. The first-order chi connectivity index (χ1) is 13.7. The Labute approximate surface area is 165 Å². The van der Waals surface area contributed by atoms with Gasteiger partial charge in [0, 0.05) is 31.4 Å². The number of amides is 3. The Morgan fingerprint density at radius 3 is 2.45 bits per heavy atom. The highest BCUT2D eigenvalue weighted by Gasteiger charge is 2.34. The van der Waals surface area contributed by atoms with Crippen LogP contribution in [-0.2, 0) is 15.7 Å². The zero-order valence-corrected chi connectivity index (χ0v) is 15.7. The lowest BCUT2D eigenvalue weighted by Gasteiger charge is -2.35. The number of alkyl halides is 3. The minimum absolute atomic E-state index is 0.0714. The molecule has 2 aliphatic rings. The molecule has 29 heavy (non-hydrogen) atoms. The Bertz CT molecular complexity index is 743. The molecule has 1 aromatic rings. The van der Waals surface area contributed by atoms with Gasteiger partial charge in [-0.25, -0.2) is 9.18 Å². The van der Waals surface area contributed by atoms with Gasteiger partial charge in [0.1, 0.15) is 5.82 Å². The van der Waals surface area contributed by atoms with E-state index in [0.29, 0.717) is 51.3 Å². The monoisotopic (exact) mass is 417 g/mol. The summed E-state index contributed by atoms with van der Waals surface area (Å²) in [5.41, 5.74) is -1.46. The van der Waals surface area contributed by atoms with Gasteiger partial charge in [-0.1, -0.05) is 0 Å². The van der Waals surface area contributed by atoms with Gasteiger partial charge in [0.05, 0.1) is 18.1 Å². The maximum Gasteiger partial charge on any atom is 0.419 e. The number of urea groups is 1. The smallest absolute Gasteiger partial charge is 0.381 e. The highest BCUT2D eigenvalue weighted by molar-refractivity contribution is 5.89. The fraction of sp³-hybridized carbons (Fsp3) is 0.579. The largest absolute Gasteiger partial charge is 0.419 e. The molecule has 2 saturated heterocycles. The third kappa shape index (κ3) is 5.59. The van der Waals surface area contributed by atoms with Crippen molar-refractivity contribution in [3.8, 4) is 0 Å². The Kier molecular flexibility index (Phi) is 6.61. The highest BCUT2D eigenvalue weighted by atomic mass is 19.4. The van der Waals surface area contributed by atoms with E-state index in [9.17, 15) is 27.2 Å². The molecule has 1 atom stereocenters. The number of hydrogen-bond acceptors (Lipinski definition) is 3. The number of piperidine rings is 1. The van der Waals surface area contributed by atoms with Crippen LogP contribution in [0.3, 0.4) is 0 Å². The molecule has 3 rings (SSSR count). The quantitative estimate of drug-likeness (QED) is 0.741. The van der Waals surface area contributed by atoms with E-state index < -0.39 is 23.6 Å². The number of nitrogens with one attached hydrogen (secondary N) is 2. The second-order valence-electron chi connectivity index (χ2n) is 7.30. The molecule has 1 unspecified atom stereocenters. The summed E-state index contributed by atoms with van der Waals surface area (Å²) in [7, 11) is 0. The molecule has 160 valence electrons. The molecule has 2 fully saturated rings. The van der Waals surface area contributed by atoms with Crippen LogP contribution in [0.1, 0.15) is 31.2 Å². The van der Waals surface area contributed by atoms with Gasteiger partial charge in [-0.2, -0.15) is 13.2 Å². The number of nitrogens with zero attached hydrogens (tertiary/aromatic N) is 1. The molecule has 0 aliphatic carbocycles. The number of rotatable bonds is 3. The molecule has 0 saturated carbocycles. The molecular weight excluding hydrogens is 394 g/mol. The van der Waals surface area contributed by atoms with Gasteiger partial charge < -0.3 is 20.3 Å². The molecule has 2 aliphatic heterocycles. The van der Waals surface area contributed by atoms with Gasteiger partial charge in [0.2, 0.25) is 5.91 Å². The van der Waals surface area contributed by atoms with Gasteiger partial charge >= 0.3 is 12.2 Å². The summed E-state index contributed by atoms with van der Waals surface area (Å²) in [5, 5.41) is 5.05. The molecule has 0 aromatic heterocycles. The number of benzene rings is 1. The molecule has 0 radical (unpaired) electrons. The van der Waals surface area contributed by atoms with E-state index in [1.807, 2.05) is 0 Å². The van der Waals surface area contributed by atoms with E-state index in [1.165, 1.54) is 0 Å². The van der Waals surface area contributed by atoms with Crippen molar-refractivity contribution >= 4 is 17.6 Å². The van der Waals surface area contributed by atoms with Crippen molar-refractivity contribution in [2.45, 2.75) is 37.9 Å². The fourth-order valence-corrected chi connectivity index (χ4v) is 3.61. The van der Waals surface area contributed by atoms with Crippen molar-refractivity contribution < 1.29 is 31.9 Å². The van der Waals surface area contributed by atoms with Crippen molar-refractivity contribution in [2.75, 3.05) is 31.6 Å². The molecular formula is C19H23F4N3O3. The number of anilines is 1. The summed E-state index contributed by atoms with van der Waals surface area (Å²) < 4.78 is 56.7. The van der Waals surface area contributed by atoms with Crippen LogP contribution in [0.2, 0.25) is 0 Å². The number of ether oxygens (including phenoxy) is 1. The summed E-state index contributed by atoms with van der Waals surface area (Å²) in [4.78, 5) is 26.3. The van der Waals surface area contributed by atoms with Gasteiger partial charge in [-0.15, -0.1) is 0 Å². The van der Waals surface area contributed by atoms with E-state index >= 15 is 0 Å². The van der Waals surface area contributed by atoms with Gasteiger partial charge in [-0.05, 0) is 43.9 Å². The summed E-state index contributed by atoms with van der Waals surface area (Å²) in [6, 6.07) is 1.41. The first-order valence-corrected chi connectivity index (χ1v) is 9.55. The Hall–Kier alpha value is -2.36. The summed E-state index contributed by atoms with van der Waals surface area (Å²) in [5.74, 6) is -1.48. The standard InChI is InChI=1S/C19H23F4N3O3/c20-16-10-14(3-4-15(16)19(21,22)23)25-18(28)24-13-5-7-26(8-6-13)17(27)12-2-1-9-29-11-12/h3-4,10,12-13H,1-2,5-9,11H2,(H2,24,25,28). The van der Waals surface area contributed by atoms with E-state index in [4.69, 9.17) is 4.74 Å². The lowest BCUT2D eigenvalue weighted by Crippen LogP contribution is -2.49. The Morgan fingerprint density at radius 2 is 1.86 bits per heavy atom. The predicted octanol–water partition coefficient (Wildman–Crippen LogP) is 3.38. The number of hydrogen-bond donors (Lipinski definition) is 2. The normalized spacial score (nSPS) is 21.0. The average molecular weight is 417 g/mol. The minimum Gasteiger partial charge on any atom is -0.381 e. The van der Waals surface area contributed by atoms with Crippen LogP contribution >= 0.6 is 0 Å². The molecule has 2 heterocycles. The van der Waals surface area contributed by atoms with Crippen LogP contribution in [0.15, 0.2) is 18.2 Å². The SMILES string of the molecule is O=C(Nc1ccc(C(F)(F)F)c(F)c1)NC1CCN(C(=O)C2CCCOC2)CC1. The summed E-state index contributed by atoms with van der Waals surface area (Å²) in [6.07, 6.45) is -1.97. The highest BCUT2D eigenvalue weighted by Crippen LogP contribution is 2.32. The zero-order chi connectivity index (χ0) is 21.0. The third-order valence-electron chi connectivity index (χ3n) is 5.18. The molecule has 3 amide bonds. The molecule has 0 spiro atoms. The van der Waals surface area contributed by atoms with Crippen molar-refractivity contribution in [1.29, 1.82) is 0 Å². The van der Waals surface area contributed by atoms with Crippen LogP contribution in [0.5, 0.6) is 0 Å². The fourth-order valence-electron chi connectivity index (χ4n) is 3.61. The lowest BCUT2D eigenvalue weighted by atomic mass is 9.98. The number of halogens is 4. The number of carbonyl (C=O) groups excluding carboxylic acids is 2. The second-order valence-corrected chi connectivity index (χ2v) is 7.30. The predicted molar refractivity (Wildman–Crippen MR) is 96.7 cm³/mol. The van der Waals surface area contributed by atoms with Crippen LogP contribution in [0.4, 0.5) is 28.0 Å². The van der Waals surface area contributed by atoms with Crippen molar-refractivity contribution in [2.24, 2.45) is 5.92 Å². The van der Waals surface area contributed by atoms with E-state index in [0.717, 1.165) is 18.9 Å². The van der Waals surface area contributed by atoms with Crippen LogP contribution in [-0.4, -0.2) is 49.2 Å². The summed E-state index contributed by atoms with van der Waals surface area (Å²) >= 11 is 0. The van der Waals surface area contributed by atoms with Crippen LogP contribution < -0.4 is 10.6 Å². The van der Waals surface area contributed by atoms with Crippen LogP contribution in [0, 0.1) is 11.7 Å². The van der Waals surface area contributed by atoms with E-state index in [2.05, 4.69) is 10.6 Å². The van der Waals surface area contributed by atoms with Crippen molar-refractivity contribution in [3.05, 3.63) is 29.6 Å². The van der Waals surface area contributed by atoms with Gasteiger partial charge in [0.25, 0.3) is 0 Å². The van der Waals surface area contributed by atoms with Crippen LogP contribution in [0.25, 0.3) is 0 Å². The molecule has 1 aromatic carbocycles. The van der Waals surface area contributed by atoms with Gasteiger partial charge in [-0.3, -0.25) is 4.79 Å². The van der Waals surface area contributed by atoms with E-state index in [1.54, 1.807) is 4.90 Å². The minimum atomic E-state index is -4.79. The third-order valence-corrected chi connectivity index (χ3v) is 5.18. The Balaban J connectivity index is 1.46. The van der Waals surface area contributed by atoms with Gasteiger partial charge in [0.15, 0.2) is 0 Å².